The summed E-state index contributed by atoms with van der Waals surface area (Å²) in [5.74, 6) is -4.65. The van der Waals surface area contributed by atoms with Crippen molar-refractivity contribution in [3.05, 3.63) is 0 Å². The van der Waals surface area contributed by atoms with E-state index < -0.39 is 84.1 Å². The third kappa shape index (κ3) is 17.6. The van der Waals surface area contributed by atoms with Crippen LogP contribution < -0.4 is 49.9 Å². The van der Waals surface area contributed by atoms with Gasteiger partial charge in [-0.15, -0.1) is 0 Å². The van der Waals surface area contributed by atoms with Gasteiger partial charge in [0.2, 0.25) is 29.5 Å². The van der Waals surface area contributed by atoms with Crippen LogP contribution in [0.3, 0.4) is 0 Å². The largest absolute Gasteiger partial charge is 0.481 e. The number of aldehydes is 1. The number of nitrogens with one attached hydrogen (secondary N) is 4. The number of nitrogens with zero attached hydrogens (tertiary/aromatic N) is 3. The van der Waals surface area contributed by atoms with Crippen molar-refractivity contribution in [2.24, 2.45) is 44.6 Å². The van der Waals surface area contributed by atoms with Crippen LogP contribution in [0.4, 0.5) is 0 Å². The molecule has 53 heavy (non-hydrogen) atoms. The Morgan fingerprint density at radius 2 is 1.45 bits per heavy atom. The number of aliphatic imine (C=N–C) groups is 2. The summed E-state index contributed by atoms with van der Waals surface area (Å²) in [6, 6.07) is -6.40. The average Bonchev–Trinajstić information content (AvgIpc) is 3.59. The lowest BCUT2D eigenvalue weighted by molar-refractivity contribution is -0.143. The third-order valence-electron chi connectivity index (χ3n) is 8.35. The summed E-state index contributed by atoms with van der Waals surface area (Å²) in [5, 5.41) is 19.9. The van der Waals surface area contributed by atoms with E-state index in [2.05, 4.69) is 31.3 Å². The molecule has 1 heterocycles. The molecule has 0 aromatic rings. The van der Waals surface area contributed by atoms with E-state index in [0.29, 0.717) is 37.7 Å². The highest BCUT2D eigenvalue weighted by molar-refractivity contribution is 7.98. The molecular formula is C32H58N12O8S. The number of thioether (sulfide) groups is 1. The SMILES string of the molecule is CSCC[C@H](N)C(=O)N[C@@H](CCCN=C(N)N)C(=O)N[C@H](C(=O)N[C@@H](CCC(=O)O)C(=O)N1CCC[C@H]1C(=O)N[C@H](C=O)CCCN=C(N)N)C(C)C. The fraction of sp³-hybridized carbons (Fsp3) is 0.719. The zero-order chi connectivity index (χ0) is 40.1. The Labute approximate surface area is 314 Å². The van der Waals surface area contributed by atoms with Crippen LogP contribution in [-0.4, -0.2) is 132 Å². The smallest absolute Gasteiger partial charge is 0.303 e. The minimum absolute atomic E-state index is 0.102. The van der Waals surface area contributed by atoms with Crippen LogP contribution in [0.2, 0.25) is 0 Å². The standard InChI is InChI=1S/C32H58N12O8S/c1-18(2)25(43-27(49)21(8-5-14-39-32(36)37)41-26(48)20(33)12-16-53-3)29(51)42-22(10-11-24(46)47)30(52)44-15-6-9-23(44)28(50)40-19(17-45)7-4-13-38-31(34)35/h17-23,25H,4-16,33H2,1-3H3,(H,40,50)(H,41,48)(H,42,51)(H,43,49)(H,46,47)(H4,34,35,38)(H4,36,37,39)/t19-,20-,21-,22-,23-,25-/m0/s1. The van der Waals surface area contributed by atoms with E-state index in [9.17, 15) is 38.7 Å². The van der Waals surface area contributed by atoms with Gasteiger partial charge < -0.3 is 64.7 Å². The molecule has 0 aromatic carbocycles. The van der Waals surface area contributed by atoms with E-state index in [1.54, 1.807) is 13.8 Å². The number of carbonyl (C=O) groups is 7. The van der Waals surface area contributed by atoms with Gasteiger partial charge in [0.1, 0.15) is 30.5 Å². The molecule has 15 N–H and O–H groups in total. The van der Waals surface area contributed by atoms with Gasteiger partial charge in [-0.2, -0.15) is 11.8 Å². The Hall–Kier alpha value is -4.66. The van der Waals surface area contributed by atoms with Gasteiger partial charge in [-0.3, -0.25) is 38.8 Å². The summed E-state index contributed by atoms with van der Waals surface area (Å²) in [5.41, 5.74) is 27.4. The summed E-state index contributed by atoms with van der Waals surface area (Å²) >= 11 is 1.51. The number of carbonyl (C=O) groups excluding carboxylic acids is 6. The van der Waals surface area contributed by atoms with Crippen LogP contribution in [0, 0.1) is 5.92 Å². The molecule has 0 bridgehead atoms. The maximum atomic E-state index is 13.9. The lowest BCUT2D eigenvalue weighted by Gasteiger charge is -2.31. The second kappa shape index (κ2) is 24.6. The topological polar surface area (TPSA) is 346 Å². The predicted molar refractivity (Wildman–Crippen MR) is 201 cm³/mol. The van der Waals surface area contributed by atoms with Crippen molar-refractivity contribution >= 4 is 65.5 Å². The van der Waals surface area contributed by atoms with E-state index >= 15 is 0 Å². The van der Waals surface area contributed by atoms with Crippen molar-refractivity contribution in [1.29, 1.82) is 0 Å². The molecule has 1 rings (SSSR count). The first-order valence-electron chi connectivity index (χ1n) is 17.6. The van der Waals surface area contributed by atoms with Gasteiger partial charge in [-0.05, 0) is 69.3 Å². The molecule has 0 saturated carbocycles. The van der Waals surface area contributed by atoms with Gasteiger partial charge in [0.05, 0.1) is 12.1 Å². The number of nitrogens with two attached hydrogens (primary N) is 5. The molecule has 0 aliphatic carbocycles. The number of guanidine groups is 2. The van der Waals surface area contributed by atoms with Crippen LogP contribution in [0.1, 0.15) is 71.6 Å². The Kier molecular flexibility index (Phi) is 21.5. The summed E-state index contributed by atoms with van der Waals surface area (Å²) in [6.07, 6.45) is 3.81. The molecular weight excluding hydrogens is 712 g/mol. The fourth-order valence-electron chi connectivity index (χ4n) is 5.48. The number of hydrogen-bond donors (Lipinski definition) is 10. The molecule has 0 radical (unpaired) electrons. The highest BCUT2D eigenvalue weighted by atomic mass is 32.2. The first-order chi connectivity index (χ1) is 25.0. The van der Waals surface area contributed by atoms with Gasteiger partial charge in [-0.1, -0.05) is 13.8 Å². The second-order valence-corrected chi connectivity index (χ2v) is 14.0. The molecule has 6 atom stereocenters. The predicted octanol–water partition coefficient (Wildman–Crippen LogP) is -3.18. The van der Waals surface area contributed by atoms with E-state index in [-0.39, 0.29) is 57.2 Å². The Morgan fingerprint density at radius 1 is 0.849 bits per heavy atom. The summed E-state index contributed by atoms with van der Waals surface area (Å²) in [4.78, 5) is 99.5. The number of hydrogen-bond acceptors (Lipinski definition) is 11. The number of carboxylic acids is 1. The van der Waals surface area contributed by atoms with E-state index in [1.807, 2.05) is 6.26 Å². The molecule has 1 aliphatic rings. The third-order valence-corrected chi connectivity index (χ3v) is 9.00. The molecule has 0 unspecified atom stereocenters. The molecule has 0 spiro atoms. The Balaban J connectivity index is 3.17. The minimum Gasteiger partial charge on any atom is -0.481 e. The lowest BCUT2D eigenvalue weighted by Crippen LogP contribution is -2.60. The van der Waals surface area contributed by atoms with Gasteiger partial charge >= 0.3 is 5.97 Å². The Morgan fingerprint density at radius 3 is 2.00 bits per heavy atom. The van der Waals surface area contributed by atoms with Crippen molar-refractivity contribution in [3.8, 4) is 0 Å². The maximum Gasteiger partial charge on any atom is 0.303 e. The van der Waals surface area contributed by atoms with Gasteiger partial charge in [0, 0.05) is 26.1 Å². The molecule has 1 saturated heterocycles. The monoisotopic (exact) mass is 770 g/mol. The van der Waals surface area contributed by atoms with Crippen molar-refractivity contribution in [1.82, 2.24) is 26.2 Å². The van der Waals surface area contributed by atoms with Crippen LogP contribution in [-0.2, 0) is 33.6 Å². The van der Waals surface area contributed by atoms with Crippen LogP contribution in [0.15, 0.2) is 9.98 Å². The molecule has 1 aliphatic heterocycles. The highest BCUT2D eigenvalue weighted by Crippen LogP contribution is 2.20. The highest BCUT2D eigenvalue weighted by Gasteiger charge is 2.39. The second-order valence-electron chi connectivity index (χ2n) is 13.0. The average molecular weight is 771 g/mol. The van der Waals surface area contributed by atoms with E-state index in [1.165, 1.54) is 16.7 Å². The molecule has 0 aromatic heterocycles. The molecule has 5 amide bonds. The van der Waals surface area contributed by atoms with Crippen molar-refractivity contribution < 1.29 is 38.7 Å². The number of carboxylic acid groups (broad SMARTS) is 1. The number of aliphatic carboxylic acids is 1. The van der Waals surface area contributed by atoms with Crippen molar-refractivity contribution in [2.75, 3.05) is 31.6 Å². The zero-order valence-corrected chi connectivity index (χ0v) is 31.6. The first kappa shape index (κ1) is 46.4. The van der Waals surface area contributed by atoms with Gasteiger partial charge in [-0.25, -0.2) is 0 Å². The molecule has 300 valence electrons. The quantitative estimate of drug-likeness (QED) is 0.0190. The normalized spacial score (nSPS) is 16.6. The lowest BCUT2D eigenvalue weighted by atomic mass is 10.0. The minimum atomic E-state index is -1.36. The van der Waals surface area contributed by atoms with Crippen LogP contribution in [0.5, 0.6) is 0 Å². The van der Waals surface area contributed by atoms with Crippen molar-refractivity contribution in [2.45, 2.75) is 108 Å². The number of amides is 5. The molecule has 21 heteroatoms. The van der Waals surface area contributed by atoms with Crippen molar-refractivity contribution in [3.63, 3.8) is 0 Å². The Bertz CT molecular complexity index is 1310. The zero-order valence-electron chi connectivity index (χ0n) is 30.8. The van der Waals surface area contributed by atoms with Crippen LogP contribution in [0.25, 0.3) is 0 Å². The number of likely N-dealkylation sites (tertiary alicyclic amines) is 1. The first-order valence-corrected chi connectivity index (χ1v) is 19.0. The maximum absolute atomic E-state index is 13.9. The van der Waals surface area contributed by atoms with Gasteiger partial charge in [0.25, 0.3) is 0 Å². The van der Waals surface area contributed by atoms with Crippen LogP contribution >= 0.6 is 11.8 Å². The van der Waals surface area contributed by atoms with Gasteiger partial charge in [0.15, 0.2) is 11.9 Å². The molecule has 20 nitrogen and oxygen atoms in total. The fourth-order valence-corrected chi connectivity index (χ4v) is 5.97. The summed E-state index contributed by atoms with van der Waals surface area (Å²) in [7, 11) is 0. The van der Waals surface area contributed by atoms with E-state index in [0.717, 1.165) is 0 Å². The van der Waals surface area contributed by atoms with E-state index in [4.69, 9.17) is 28.7 Å². The summed E-state index contributed by atoms with van der Waals surface area (Å²) < 4.78 is 0. The summed E-state index contributed by atoms with van der Waals surface area (Å²) in [6.45, 7) is 3.89. The molecule has 1 fully saturated rings. The number of rotatable bonds is 25.